The van der Waals surface area contributed by atoms with E-state index in [-0.39, 0.29) is 16.9 Å². The van der Waals surface area contributed by atoms with Gasteiger partial charge in [0.05, 0.1) is 5.56 Å². The number of nitrogens with two attached hydrogens (primary N) is 1. The number of ether oxygens (including phenoxy) is 1. The highest BCUT2D eigenvalue weighted by Crippen LogP contribution is 2.43. The van der Waals surface area contributed by atoms with Crippen molar-refractivity contribution in [3.63, 3.8) is 0 Å². The summed E-state index contributed by atoms with van der Waals surface area (Å²) in [6, 6.07) is 11.4. The first-order chi connectivity index (χ1) is 14.2. The second kappa shape index (κ2) is 8.72. The van der Waals surface area contributed by atoms with Crippen molar-refractivity contribution in [2.75, 3.05) is 13.1 Å². The molecule has 3 rings (SSSR count). The van der Waals surface area contributed by atoms with E-state index >= 15 is 0 Å². The molecule has 2 N–H and O–H groups in total. The van der Waals surface area contributed by atoms with Crippen LogP contribution < -0.4 is 5.73 Å². The summed E-state index contributed by atoms with van der Waals surface area (Å²) in [6.07, 6.45) is 2.10. The second-order valence-electron chi connectivity index (χ2n) is 8.94. The Kier molecular flexibility index (Phi) is 6.46. The summed E-state index contributed by atoms with van der Waals surface area (Å²) >= 11 is 0. The average Bonchev–Trinajstić information content (AvgIpc) is 3.05. The number of nitrogens with zero attached hydrogens (tertiary/aromatic N) is 2. The van der Waals surface area contributed by atoms with Crippen LogP contribution in [0.3, 0.4) is 0 Å². The molecule has 6 heteroatoms. The Balaban J connectivity index is 2.17. The van der Waals surface area contributed by atoms with Gasteiger partial charge in [0.25, 0.3) is 0 Å². The minimum absolute atomic E-state index is 0.0255. The largest absolute Gasteiger partial charge is 0.443 e. The Hall–Kier alpha value is -2.47. The molecular formula is C24H31F2N3O. The summed E-state index contributed by atoms with van der Waals surface area (Å²) in [5, 5.41) is 6.58. The quantitative estimate of drug-likeness (QED) is 0.680. The van der Waals surface area contributed by atoms with Gasteiger partial charge in [-0.3, -0.25) is 0 Å². The molecule has 0 saturated carbocycles. The van der Waals surface area contributed by atoms with Gasteiger partial charge >= 0.3 is 0 Å². The molecule has 0 bridgehead atoms. The molecule has 0 fully saturated rings. The van der Waals surface area contributed by atoms with Crippen LogP contribution in [0.25, 0.3) is 0 Å². The van der Waals surface area contributed by atoms with Crippen LogP contribution >= 0.6 is 0 Å². The average molecular weight is 416 g/mol. The monoisotopic (exact) mass is 415 g/mol. The number of hydrogen-bond acceptors (Lipinski definition) is 4. The van der Waals surface area contributed by atoms with Gasteiger partial charge < -0.3 is 10.5 Å². The number of rotatable bonds is 7. The zero-order chi connectivity index (χ0) is 21.9. The number of halogens is 2. The number of aryl methyl sites for hydroxylation is 1. The third kappa shape index (κ3) is 4.48. The predicted molar refractivity (Wildman–Crippen MR) is 116 cm³/mol. The van der Waals surface area contributed by atoms with E-state index in [4.69, 9.17) is 10.5 Å². The second-order valence-corrected chi connectivity index (χ2v) is 8.94. The smallest absolute Gasteiger partial charge is 0.243 e. The fourth-order valence-corrected chi connectivity index (χ4v) is 3.87. The summed E-state index contributed by atoms with van der Waals surface area (Å²) in [4.78, 5) is 0. The van der Waals surface area contributed by atoms with Crippen LogP contribution in [0.15, 0.2) is 47.6 Å². The Labute approximate surface area is 177 Å². The lowest BCUT2D eigenvalue weighted by Gasteiger charge is -2.40. The topological polar surface area (TPSA) is 50.9 Å². The number of benzene rings is 2. The van der Waals surface area contributed by atoms with E-state index in [1.165, 1.54) is 0 Å². The van der Waals surface area contributed by atoms with Crippen LogP contribution in [-0.2, 0) is 16.9 Å². The van der Waals surface area contributed by atoms with Crippen molar-refractivity contribution >= 4 is 5.90 Å². The first kappa shape index (κ1) is 22.2. The molecule has 4 nitrogen and oxygen atoms in total. The van der Waals surface area contributed by atoms with E-state index in [0.29, 0.717) is 25.9 Å². The van der Waals surface area contributed by atoms with E-state index < -0.39 is 17.4 Å². The van der Waals surface area contributed by atoms with Gasteiger partial charge in [0.2, 0.25) is 11.6 Å². The molecule has 30 heavy (non-hydrogen) atoms. The SMILES string of the molecule is CCc1ccccc1C1(CCCN)OC(c2cc(F)ccc2F)=NN1CC(C)(C)C. The third-order valence-corrected chi connectivity index (χ3v) is 5.22. The van der Waals surface area contributed by atoms with E-state index in [1.807, 2.05) is 23.2 Å². The molecule has 1 aliphatic rings. The van der Waals surface area contributed by atoms with Gasteiger partial charge in [-0.2, -0.15) is 0 Å². The molecule has 0 aromatic heterocycles. The van der Waals surface area contributed by atoms with Crippen molar-refractivity contribution in [2.45, 2.75) is 52.7 Å². The van der Waals surface area contributed by atoms with Crippen LogP contribution in [0.2, 0.25) is 0 Å². The van der Waals surface area contributed by atoms with Gasteiger partial charge in [0.1, 0.15) is 11.6 Å². The van der Waals surface area contributed by atoms with Crippen LogP contribution in [-0.4, -0.2) is 24.0 Å². The number of hydrazone groups is 1. The van der Waals surface area contributed by atoms with E-state index in [0.717, 1.165) is 35.7 Å². The zero-order valence-corrected chi connectivity index (χ0v) is 18.2. The van der Waals surface area contributed by atoms with E-state index in [9.17, 15) is 8.78 Å². The van der Waals surface area contributed by atoms with Crippen LogP contribution in [0.1, 0.15) is 57.2 Å². The third-order valence-electron chi connectivity index (χ3n) is 5.22. The fourth-order valence-electron chi connectivity index (χ4n) is 3.87. The Morgan fingerprint density at radius 2 is 1.87 bits per heavy atom. The normalized spacial score (nSPS) is 19.0. The highest BCUT2D eigenvalue weighted by molar-refractivity contribution is 5.95. The molecule has 1 heterocycles. The molecule has 0 radical (unpaired) electrons. The highest BCUT2D eigenvalue weighted by atomic mass is 19.1. The van der Waals surface area contributed by atoms with Gasteiger partial charge in [0, 0.05) is 18.5 Å². The van der Waals surface area contributed by atoms with Crippen molar-refractivity contribution in [1.29, 1.82) is 0 Å². The molecule has 0 aliphatic carbocycles. The van der Waals surface area contributed by atoms with Crippen LogP contribution in [0, 0.1) is 17.0 Å². The maximum absolute atomic E-state index is 14.6. The van der Waals surface area contributed by atoms with Crippen molar-refractivity contribution < 1.29 is 13.5 Å². The molecule has 2 aromatic rings. The van der Waals surface area contributed by atoms with Crippen LogP contribution in [0.4, 0.5) is 8.78 Å². The van der Waals surface area contributed by atoms with E-state index in [2.05, 4.69) is 38.9 Å². The lowest BCUT2D eigenvalue weighted by atomic mass is 9.88. The van der Waals surface area contributed by atoms with Gasteiger partial charge in [-0.15, -0.1) is 5.10 Å². The fraction of sp³-hybridized carbons (Fsp3) is 0.458. The maximum atomic E-state index is 14.6. The van der Waals surface area contributed by atoms with Crippen molar-refractivity contribution in [3.05, 3.63) is 70.8 Å². The molecule has 1 unspecified atom stereocenters. The highest BCUT2D eigenvalue weighted by Gasteiger charge is 2.48. The Bertz CT molecular complexity index is 923. The summed E-state index contributed by atoms with van der Waals surface area (Å²) in [5.41, 5.74) is 6.97. The summed E-state index contributed by atoms with van der Waals surface area (Å²) in [5.74, 6) is -1.00. The Morgan fingerprint density at radius 1 is 1.13 bits per heavy atom. The van der Waals surface area contributed by atoms with Crippen molar-refractivity contribution in [3.8, 4) is 0 Å². The molecule has 0 amide bonds. The molecule has 1 atom stereocenters. The molecule has 2 aromatic carbocycles. The molecule has 0 saturated heterocycles. The van der Waals surface area contributed by atoms with Crippen molar-refractivity contribution in [2.24, 2.45) is 16.3 Å². The van der Waals surface area contributed by atoms with Gasteiger partial charge in [-0.1, -0.05) is 52.0 Å². The van der Waals surface area contributed by atoms with Gasteiger partial charge in [0.15, 0.2) is 0 Å². The van der Waals surface area contributed by atoms with Gasteiger partial charge in [-0.05, 0) is 48.6 Å². The van der Waals surface area contributed by atoms with E-state index in [1.54, 1.807) is 0 Å². The van der Waals surface area contributed by atoms with Crippen molar-refractivity contribution in [1.82, 2.24) is 5.01 Å². The maximum Gasteiger partial charge on any atom is 0.243 e. The molecular weight excluding hydrogens is 384 g/mol. The van der Waals surface area contributed by atoms with Gasteiger partial charge in [-0.25, -0.2) is 13.8 Å². The first-order valence-electron chi connectivity index (χ1n) is 10.5. The Morgan fingerprint density at radius 3 is 2.53 bits per heavy atom. The zero-order valence-electron chi connectivity index (χ0n) is 18.2. The summed E-state index contributed by atoms with van der Waals surface area (Å²) in [7, 11) is 0. The first-order valence-corrected chi connectivity index (χ1v) is 10.5. The lowest BCUT2D eigenvalue weighted by Crippen LogP contribution is -2.46. The number of hydrogen-bond donors (Lipinski definition) is 1. The molecule has 0 spiro atoms. The summed E-state index contributed by atoms with van der Waals surface area (Å²) < 4.78 is 34.9. The summed E-state index contributed by atoms with van der Waals surface area (Å²) in [6.45, 7) is 9.50. The van der Waals surface area contributed by atoms with Crippen LogP contribution in [0.5, 0.6) is 0 Å². The molecule has 1 aliphatic heterocycles. The lowest BCUT2D eigenvalue weighted by molar-refractivity contribution is -0.0912. The minimum Gasteiger partial charge on any atom is -0.443 e. The standard InChI is InChI=1S/C24H31F2N3O/c1-5-17-9-6-7-10-20(17)24(13-8-14-27)29(16-23(2,3)4)28-22(30-24)19-15-18(25)11-12-21(19)26/h6-7,9-12,15H,5,8,13-14,16,27H2,1-4H3. The predicted octanol–water partition coefficient (Wildman–Crippen LogP) is 5.16. The minimum atomic E-state index is -0.923. The molecule has 162 valence electrons.